The van der Waals surface area contributed by atoms with Gasteiger partial charge in [0.15, 0.2) is 0 Å². The smallest absolute Gasteiger partial charge is 0.410 e. The van der Waals surface area contributed by atoms with Crippen molar-refractivity contribution in [2.45, 2.75) is 115 Å². The molecule has 5 atom stereocenters. The van der Waals surface area contributed by atoms with Crippen LogP contribution >= 0.6 is 0 Å². The van der Waals surface area contributed by atoms with Gasteiger partial charge in [0.1, 0.15) is 29.5 Å². The van der Waals surface area contributed by atoms with Gasteiger partial charge >= 0.3 is 6.09 Å². The average molecular weight is 555 g/mol. The van der Waals surface area contributed by atoms with Gasteiger partial charge in [-0.25, -0.2) is 4.79 Å². The summed E-state index contributed by atoms with van der Waals surface area (Å²) in [4.78, 5) is 68.4. The van der Waals surface area contributed by atoms with Crippen LogP contribution in [0.15, 0.2) is 24.3 Å². The number of carbonyl (C=O) groups excluding carboxylic acids is 5. The van der Waals surface area contributed by atoms with Crippen molar-refractivity contribution in [1.82, 2.24) is 20.4 Å². The van der Waals surface area contributed by atoms with Gasteiger partial charge in [-0.2, -0.15) is 0 Å². The van der Waals surface area contributed by atoms with Gasteiger partial charge in [-0.3, -0.25) is 24.1 Å². The van der Waals surface area contributed by atoms with Crippen LogP contribution in [0.3, 0.4) is 0 Å². The number of ether oxygens (including phenoxy) is 1. The highest BCUT2D eigenvalue weighted by molar-refractivity contribution is 5.97. The molecule has 2 saturated heterocycles. The van der Waals surface area contributed by atoms with Crippen molar-refractivity contribution < 1.29 is 28.7 Å². The van der Waals surface area contributed by atoms with Crippen molar-refractivity contribution in [3.8, 4) is 0 Å². The first-order chi connectivity index (χ1) is 18.9. The van der Waals surface area contributed by atoms with Crippen LogP contribution in [0.2, 0.25) is 0 Å². The highest BCUT2D eigenvalue weighted by Gasteiger charge is 2.45. The van der Waals surface area contributed by atoms with Crippen LogP contribution in [0, 0.1) is 0 Å². The maximum atomic E-state index is 13.9. The zero-order valence-electron chi connectivity index (χ0n) is 24.2. The highest BCUT2D eigenvalue weighted by atomic mass is 16.6. The van der Waals surface area contributed by atoms with Crippen molar-refractivity contribution in [3.05, 3.63) is 35.4 Å². The molecule has 0 aromatic heterocycles. The van der Waals surface area contributed by atoms with E-state index in [0.717, 1.165) is 29.7 Å². The van der Waals surface area contributed by atoms with Crippen molar-refractivity contribution in [2.24, 2.45) is 0 Å². The van der Waals surface area contributed by atoms with Gasteiger partial charge in [0.2, 0.25) is 17.7 Å². The number of carbonyl (C=O) groups is 5. The van der Waals surface area contributed by atoms with Crippen molar-refractivity contribution in [1.29, 1.82) is 0 Å². The predicted molar refractivity (Wildman–Crippen MR) is 148 cm³/mol. The summed E-state index contributed by atoms with van der Waals surface area (Å²) in [5.41, 5.74) is 1.62. The summed E-state index contributed by atoms with van der Waals surface area (Å²) in [6.07, 6.45) is 3.87. The molecule has 4 rings (SSSR count). The molecular weight excluding hydrogens is 512 g/mol. The van der Waals surface area contributed by atoms with E-state index in [2.05, 4.69) is 16.7 Å². The van der Waals surface area contributed by atoms with E-state index in [1.807, 2.05) is 18.2 Å². The number of nitrogens with one attached hydrogen (secondary N) is 2. The van der Waals surface area contributed by atoms with Crippen LogP contribution in [0.25, 0.3) is 0 Å². The fourth-order valence-electron chi connectivity index (χ4n) is 5.93. The van der Waals surface area contributed by atoms with Crippen LogP contribution in [-0.4, -0.2) is 76.2 Å². The van der Waals surface area contributed by atoms with Crippen LogP contribution in [0.1, 0.15) is 89.8 Å². The molecule has 3 aliphatic rings. The number of nitrogens with zero attached hydrogens (tertiary/aromatic N) is 2. The zero-order valence-corrected chi connectivity index (χ0v) is 24.2. The lowest BCUT2D eigenvalue weighted by molar-refractivity contribution is -0.146. The van der Waals surface area contributed by atoms with E-state index >= 15 is 0 Å². The number of hydrogen-bond donors (Lipinski definition) is 2. The van der Waals surface area contributed by atoms with Crippen LogP contribution < -0.4 is 10.6 Å². The number of ketones is 1. The molecule has 0 saturated carbocycles. The molecule has 2 aliphatic heterocycles. The Bertz CT molecular complexity index is 1160. The van der Waals surface area contributed by atoms with Gasteiger partial charge < -0.3 is 20.3 Å². The van der Waals surface area contributed by atoms with E-state index in [-0.39, 0.29) is 36.6 Å². The predicted octanol–water partition coefficient (Wildman–Crippen LogP) is 3.03. The summed E-state index contributed by atoms with van der Waals surface area (Å²) in [6.45, 7) is 6.72. The summed E-state index contributed by atoms with van der Waals surface area (Å²) < 4.78 is 5.35. The topological polar surface area (TPSA) is 125 Å². The van der Waals surface area contributed by atoms with Gasteiger partial charge in [0, 0.05) is 25.9 Å². The molecule has 2 N–H and O–H groups in total. The monoisotopic (exact) mass is 554 g/mol. The highest BCUT2D eigenvalue weighted by Crippen LogP contribution is 2.33. The quantitative estimate of drug-likeness (QED) is 0.577. The molecule has 0 bridgehead atoms. The molecule has 1 aromatic carbocycles. The molecule has 0 unspecified atom stereocenters. The van der Waals surface area contributed by atoms with E-state index in [1.54, 1.807) is 25.7 Å². The minimum absolute atomic E-state index is 0.109. The molecule has 10 nitrogen and oxygen atoms in total. The molecule has 4 amide bonds. The largest absolute Gasteiger partial charge is 0.444 e. The number of Topliss-reactive ketones (excluding diaryl/α,β-unsaturated/α-hetero) is 1. The van der Waals surface area contributed by atoms with Gasteiger partial charge in [0.25, 0.3) is 0 Å². The third kappa shape index (κ3) is 6.64. The molecule has 1 aromatic rings. The molecule has 0 radical (unpaired) electrons. The van der Waals surface area contributed by atoms with Crippen LogP contribution in [0.4, 0.5) is 4.79 Å². The SMILES string of the molecule is C[C@@H](C(=O)N[C@H]1CC(=O)CC[C@H]2CC[C@@H](C(=O)N[C@@H]3CCCc4ccccc43)N2C1=O)N(C)C(=O)OC(C)(C)C. The van der Waals surface area contributed by atoms with E-state index < -0.39 is 41.6 Å². The molecule has 218 valence electrons. The molecule has 10 heteroatoms. The van der Waals surface area contributed by atoms with E-state index in [1.165, 1.54) is 19.5 Å². The second-order valence-corrected chi connectivity index (χ2v) is 12.3. The molecule has 2 heterocycles. The standard InChI is InChI=1S/C30H42N4O6/c1-18(33(5)29(39)40-30(2,3)4)26(36)32-24-17-21(35)15-13-20-14-16-25(34(20)28(24)38)27(37)31-23-12-8-10-19-9-6-7-11-22(19)23/h6-7,9,11,18,20,23-25H,8,10,12-17H2,1-5H3,(H,31,37)(H,32,36)/t18-,20-,23+,24-,25-/m0/s1. The van der Waals surface area contributed by atoms with Crippen molar-refractivity contribution >= 4 is 29.6 Å². The fourth-order valence-corrected chi connectivity index (χ4v) is 5.93. The Balaban J connectivity index is 1.47. The summed E-state index contributed by atoms with van der Waals surface area (Å²) in [6, 6.07) is 5.05. The van der Waals surface area contributed by atoms with E-state index in [4.69, 9.17) is 4.74 Å². The summed E-state index contributed by atoms with van der Waals surface area (Å²) >= 11 is 0. The minimum atomic E-state index is -1.11. The Labute approximate surface area is 236 Å². The number of rotatable bonds is 5. The Kier molecular flexibility index (Phi) is 8.85. The minimum Gasteiger partial charge on any atom is -0.444 e. The molecule has 1 aliphatic carbocycles. The van der Waals surface area contributed by atoms with Gasteiger partial charge in [-0.1, -0.05) is 24.3 Å². The number of fused-ring (bicyclic) bond motifs is 2. The zero-order chi connectivity index (χ0) is 29.2. The Morgan fingerprint density at radius 2 is 1.73 bits per heavy atom. The van der Waals surface area contributed by atoms with Crippen LogP contribution in [-0.2, 0) is 30.3 Å². The first-order valence-electron chi connectivity index (χ1n) is 14.3. The molecule has 40 heavy (non-hydrogen) atoms. The third-order valence-corrected chi connectivity index (χ3v) is 8.19. The Morgan fingerprint density at radius 1 is 1.00 bits per heavy atom. The first-order valence-corrected chi connectivity index (χ1v) is 14.3. The number of amides is 4. The Hall–Kier alpha value is -3.43. The lowest BCUT2D eigenvalue weighted by Gasteiger charge is -2.36. The third-order valence-electron chi connectivity index (χ3n) is 8.19. The number of likely N-dealkylation sites (N-methyl/N-ethyl adjacent to an activating group) is 1. The normalized spacial score (nSPS) is 25.6. The van der Waals surface area contributed by atoms with Gasteiger partial charge in [0.05, 0.1) is 6.04 Å². The van der Waals surface area contributed by atoms with Crippen LogP contribution in [0.5, 0.6) is 0 Å². The van der Waals surface area contributed by atoms with Gasteiger partial charge in [-0.05, 0) is 77.3 Å². The summed E-state index contributed by atoms with van der Waals surface area (Å²) in [5.74, 6) is -1.32. The maximum Gasteiger partial charge on any atom is 0.410 e. The average Bonchev–Trinajstić information content (AvgIpc) is 3.32. The molecule has 2 fully saturated rings. The molecule has 0 spiro atoms. The van der Waals surface area contributed by atoms with Crippen molar-refractivity contribution in [2.75, 3.05) is 7.05 Å². The summed E-state index contributed by atoms with van der Waals surface area (Å²) in [7, 11) is 1.45. The number of benzene rings is 1. The fraction of sp³-hybridized carbons (Fsp3) is 0.633. The Morgan fingerprint density at radius 3 is 2.45 bits per heavy atom. The second-order valence-electron chi connectivity index (χ2n) is 12.3. The second kappa shape index (κ2) is 12.0. The lowest BCUT2D eigenvalue weighted by atomic mass is 9.87. The number of hydrogen-bond acceptors (Lipinski definition) is 6. The van der Waals surface area contributed by atoms with Gasteiger partial charge in [-0.15, -0.1) is 0 Å². The number of aryl methyl sites for hydroxylation is 1. The lowest BCUT2D eigenvalue weighted by Crippen LogP contribution is -2.59. The van der Waals surface area contributed by atoms with E-state index in [0.29, 0.717) is 19.3 Å². The van der Waals surface area contributed by atoms with Crippen molar-refractivity contribution in [3.63, 3.8) is 0 Å². The van der Waals surface area contributed by atoms with E-state index in [9.17, 15) is 24.0 Å². The summed E-state index contributed by atoms with van der Waals surface area (Å²) in [5, 5.41) is 5.89. The molecular formula is C30H42N4O6. The maximum absolute atomic E-state index is 13.9. The first kappa shape index (κ1) is 29.6.